The highest BCUT2D eigenvalue weighted by atomic mass is 32.2. The van der Waals surface area contributed by atoms with Crippen LogP contribution in [0, 0.1) is 11.6 Å². The molecule has 0 saturated carbocycles. The first-order valence-corrected chi connectivity index (χ1v) is 13.4. The molecule has 2 N–H and O–H groups in total. The van der Waals surface area contributed by atoms with Gasteiger partial charge in [-0.2, -0.15) is 4.37 Å². The van der Waals surface area contributed by atoms with E-state index in [1.54, 1.807) is 19.1 Å². The van der Waals surface area contributed by atoms with Crippen molar-refractivity contribution >= 4 is 26.7 Å². The molecule has 2 aliphatic heterocycles. The first-order valence-electron chi connectivity index (χ1n) is 11.1. The lowest BCUT2D eigenvalue weighted by atomic mass is 9.82. The molecule has 0 amide bonds. The molecule has 186 valence electrons. The van der Waals surface area contributed by atoms with Crippen LogP contribution < -0.4 is 9.46 Å². The minimum atomic E-state index is -4.24. The molecule has 0 unspecified atom stereocenters. The van der Waals surface area contributed by atoms with Crippen molar-refractivity contribution in [2.45, 2.75) is 48.8 Å². The Bertz CT molecular complexity index is 1320. The van der Waals surface area contributed by atoms with Crippen molar-refractivity contribution in [3.05, 3.63) is 65.5 Å². The second-order valence-electron chi connectivity index (χ2n) is 9.08. The summed E-state index contributed by atoms with van der Waals surface area (Å²) >= 11 is 0.841. The number of piperidine rings is 1. The van der Waals surface area contributed by atoms with E-state index >= 15 is 4.39 Å². The number of likely N-dealkylation sites (tertiary alicyclic amines) is 1. The largest absolute Gasteiger partial charge is 0.493 e. The predicted octanol–water partition coefficient (Wildman–Crippen LogP) is 4.03. The summed E-state index contributed by atoms with van der Waals surface area (Å²) in [6.07, 6.45) is 2.69. The average molecular weight is 523 g/mol. The van der Waals surface area contributed by atoms with Gasteiger partial charge in [-0.1, -0.05) is 12.1 Å². The number of sulfonamides is 1. The van der Waals surface area contributed by atoms with Crippen molar-refractivity contribution in [3.63, 3.8) is 0 Å². The van der Waals surface area contributed by atoms with E-state index in [4.69, 9.17) is 4.74 Å². The summed E-state index contributed by atoms with van der Waals surface area (Å²) < 4.78 is 66.1. The molecule has 1 aromatic heterocycles. The summed E-state index contributed by atoms with van der Waals surface area (Å²) in [5, 5.41) is 10.8. The lowest BCUT2D eigenvalue weighted by Crippen LogP contribution is -2.47. The van der Waals surface area contributed by atoms with E-state index in [9.17, 15) is 17.9 Å². The number of benzene rings is 2. The maximum Gasteiger partial charge on any atom is 0.266 e. The number of nitrogens with one attached hydrogen (secondary N) is 1. The molecular weight excluding hydrogens is 498 g/mol. The SMILES string of the molecule is C[C@]1(O)CCN([C@@H]2CCOc3cc(S(=O)(=O)Nc4ncns4)c(F)cc32)[C@H](c2ccc(F)cc2)C1. The molecule has 2 aliphatic rings. The van der Waals surface area contributed by atoms with E-state index in [0.29, 0.717) is 38.0 Å². The van der Waals surface area contributed by atoms with Gasteiger partial charge >= 0.3 is 0 Å². The maximum absolute atomic E-state index is 15.2. The Morgan fingerprint density at radius 1 is 1.23 bits per heavy atom. The van der Waals surface area contributed by atoms with Crippen LogP contribution in [-0.2, 0) is 10.0 Å². The maximum atomic E-state index is 15.2. The van der Waals surface area contributed by atoms with Crippen molar-refractivity contribution < 1.29 is 27.0 Å². The first kappa shape index (κ1) is 24.0. The monoisotopic (exact) mass is 522 g/mol. The zero-order valence-corrected chi connectivity index (χ0v) is 20.5. The number of hydrogen-bond donors (Lipinski definition) is 2. The first-order chi connectivity index (χ1) is 16.6. The predicted molar refractivity (Wildman–Crippen MR) is 126 cm³/mol. The Labute approximate surface area is 205 Å². The Balaban J connectivity index is 1.50. The Kier molecular flexibility index (Phi) is 6.24. The molecule has 0 bridgehead atoms. The number of halogens is 2. The van der Waals surface area contributed by atoms with Gasteiger partial charge in [-0.3, -0.25) is 9.62 Å². The zero-order chi connectivity index (χ0) is 24.8. The van der Waals surface area contributed by atoms with Crippen LogP contribution in [0.15, 0.2) is 47.6 Å². The normalized spacial score (nSPS) is 25.0. The third-order valence-electron chi connectivity index (χ3n) is 6.54. The molecule has 8 nitrogen and oxygen atoms in total. The molecule has 2 aromatic carbocycles. The fraction of sp³-hybridized carbons (Fsp3) is 0.391. The number of aromatic nitrogens is 2. The molecule has 12 heteroatoms. The van der Waals surface area contributed by atoms with Crippen molar-refractivity contribution in [1.82, 2.24) is 14.3 Å². The quantitative estimate of drug-likeness (QED) is 0.521. The van der Waals surface area contributed by atoms with Crippen molar-refractivity contribution in [2.75, 3.05) is 17.9 Å². The van der Waals surface area contributed by atoms with Gasteiger partial charge in [-0.15, -0.1) is 0 Å². The number of anilines is 1. The van der Waals surface area contributed by atoms with Crippen LogP contribution in [0.4, 0.5) is 13.9 Å². The van der Waals surface area contributed by atoms with Crippen molar-refractivity contribution in [3.8, 4) is 5.75 Å². The number of rotatable bonds is 5. The fourth-order valence-electron chi connectivity index (χ4n) is 4.84. The second kappa shape index (κ2) is 9.08. The number of nitrogens with zero attached hydrogens (tertiary/aromatic N) is 3. The summed E-state index contributed by atoms with van der Waals surface area (Å²) in [7, 11) is -4.24. The zero-order valence-electron chi connectivity index (χ0n) is 18.8. The minimum absolute atomic E-state index is 0.0309. The van der Waals surface area contributed by atoms with Gasteiger partial charge in [0.15, 0.2) is 0 Å². The topological polar surface area (TPSA) is 105 Å². The molecule has 3 heterocycles. The molecule has 5 rings (SSSR count). The highest BCUT2D eigenvalue weighted by Gasteiger charge is 2.41. The standard InChI is InChI=1S/C23H24F2N4O4S2/c1-23(30)7-8-29(19(12-23)14-2-4-15(24)5-3-14)18-6-9-33-20-11-21(17(25)10-16(18)20)35(31,32)28-22-26-13-27-34-22/h2-5,10-11,13,18-19,30H,6-9,12H2,1H3,(H,26,27,28)/t18-,19+,23+/m1/s1. The lowest BCUT2D eigenvalue weighted by molar-refractivity contribution is -0.0541. The van der Waals surface area contributed by atoms with Gasteiger partial charge in [-0.05, 0) is 43.5 Å². The van der Waals surface area contributed by atoms with Gasteiger partial charge in [-0.25, -0.2) is 22.2 Å². The van der Waals surface area contributed by atoms with Crippen LogP contribution in [0.25, 0.3) is 0 Å². The molecule has 1 fully saturated rings. The molecule has 0 spiro atoms. The van der Waals surface area contributed by atoms with Crippen LogP contribution >= 0.6 is 11.5 Å². The lowest BCUT2D eigenvalue weighted by Gasteiger charge is -2.47. The van der Waals surface area contributed by atoms with Gasteiger partial charge in [0.1, 0.15) is 28.6 Å². The van der Waals surface area contributed by atoms with E-state index in [1.165, 1.54) is 30.6 Å². The summed E-state index contributed by atoms with van der Waals surface area (Å²) in [6.45, 7) is 2.62. The number of fused-ring (bicyclic) bond motifs is 1. The van der Waals surface area contributed by atoms with Crippen molar-refractivity contribution in [1.29, 1.82) is 0 Å². The number of hydrogen-bond acceptors (Lipinski definition) is 8. The molecule has 3 aromatic rings. The van der Waals surface area contributed by atoms with Crippen LogP contribution in [0.2, 0.25) is 0 Å². The Morgan fingerprint density at radius 2 is 2.00 bits per heavy atom. The summed E-state index contributed by atoms with van der Waals surface area (Å²) in [4.78, 5) is 5.41. The minimum Gasteiger partial charge on any atom is -0.493 e. The molecular formula is C23H24F2N4O4S2. The third kappa shape index (κ3) is 4.88. The Hall–Kier alpha value is -2.67. The highest BCUT2D eigenvalue weighted by molar-refractivity contribution is 7.93. The molecule has 0 radical (unpaired) electrons. The van der Waals surface area contributed by atoms with Crippen LogP contribution in [0.3, 0.4) is 0 Å². The van der Waals surface area contributed by atoms with Crippen LogP contribution in [0.5, 0.6) is 5.75 Å². The fourth-order valence-corrected chi connectivity index (χ4v) is 6.58. The van der Waals surface area contributed by atoms with E-state index in [-0.39, 0.29) is 28.8 Å². The van der Waals surface area contributed by atoms with E-state index in [1.807, 2.05) is 0 Å². The molecule has 1 saturated heterocycles. The molecule has 35 heavy (non-hydrogen) atoms. The van der Waals surface area contributed by atoms with Gasteiger partial charge in [0, 0.05) is 48.2 Å². The van der Waals surface area contributed by atoms with E-state index in [0.717, 1.165) is 17.1 Å². The van der Waals surface area contributed by atoms with Crippen molar-refractivity contribution in [2.24, 2.45) is 0 Å². The number of aliphatic hydroxyl groups is 1. The summed E-state index contributed by atoms with van der Waals surface area (Å²) in [6, 6.07) is 8.07. The average Bonchev–Trinajstić information content (AvgIpc) is 3.31. The second-order valence-corrected chi connectivity index (χ2v) is 11.5. The van der Waals surface area contributed by atoms with E-state index < -0.39 is 26.3 Å². The highest BCUT2D eigenvalue weighted by Crippen LogP contribution is 2.46. The van der Waals surface area contributed by atoms with Gasteiger partial charge < -0.3 is 9.84 Å². The summed E-state index contributed by atoms with van der Waals surface area (Å²) in [5.74, 6) is -0.966. The molecule has 0 aliphatic carbocycles. The molecule has 3 atom stereocenters. The number of ether oxygens (including phenoxy) is 1. The Morgan fingerprint density at radius 3 is 2.71 bits per heavy atom. The van der Waals surface area contributed by atoms with Gasteiger partial charge in [0.25, 0.3) is 10.0 Å². The third-order valence-corrected chi connectivity index (χ3v) is 8.61. The van der Waals surface area contributed by atoms with Crippen LogP contribution in [0.1, 0.15) is 49.4 Å². The van der Waals surface area contributed by atoms with Gasteiger partial charge in [0.2, 0.25) is 5.13 Å². The van der Waals surface area contributed by atoms with E-state index in [2.05, 4.69) is 19.0 Å². The van der Waals surface area contributed by atoms with Crippen LogP contribution in [-0.4, -0.2) is 46.5 Å². The summed E-state index contributed by atoms with van der Waals surface area (Å²) in [5.41, 5.74) is 0.487. The smallest absolute Gasteiger partial charge is 0.266 e. The van der Waals surface area contributed by atoms with Gasteiger partial charge in [0.05, 0.1) is 12.2 Å².